The molecule has 0 saturated carbocycles. The molecule has 0 bridgehead atoms. The van der Waals surface area contributed by atoms with Gasteiger partial charge in [0.1, 0.15) is 34.1 Å². The summed E-state index contributed by atoms with van der Waals surface area (Å²) in [6, 6.07) is 6.08. The van der Waals surface area contributed by atoms with Gasteiger partial charge in [-0.1, -0.05) is 6.07 Å². The van der Waals surface area contributed by atoms with Crippen LogP contribution in [-0.4, -0.2) is 9.97 Å². The topological polar surface area (TPSA) is 99.6 Å². The number of hydrazine groups is 1. The highest BCUT2D eigenvalue weighted by molar-refractivity contribution is 9.10. The van der Waals surface area contributed by atoms with E-state index in [1.165, 1.54) is 18.5 Å². The first-order valence-corrected chi connectivity index (χ1v) is 5.89. The monoisotopic (exact) mass is 322 g/mol. The van der Waals surface area contributed by atoms with Crippen LogP contribution in [0.4, 0.5) is 21.7 Å². The number of anilines is 3. The number of aromatic nitrogens is 2. The zero-order valence-electron chi connectivity index (χ0n) is 9.48. The first kappa shape index (κ1) is 13.2. The second kappa shape index (κ2) is 5.60. The van der Waals surface area contributed by atoms with E-state index in [-0.39, 0.29) is 5.56 Å². The highest BCUT2D eigenvalue weighted by atomic mass is 79.9. The third-order valence-electron chi connectivity index (χ3n) is 2.30. The normalized spacial score (nSPS) is 9.79. The Kier molecular flexibility index (Phi) is 3.89. The molecule has 1 aromatic heterocycles. The average molecular weight is 323 g/mol. The van der Waals surface area contributed by atoms with E-state index < -0.39 is 5.82 Å². The van der Waals surface area contributed by atoms with Gasteiger partial charge in [-0.25, -0.2) is 20.2 Å². The van der Waals surface area contributed by atoms with E-state index >= 15 is 0 Å². The molecule has 0 aliphatic rings. The fourth-order valence-electron chi connectivity index (χ4n) is 1.43. The van der Waals surface area contributed by atoms with Crippen LogP contribution in [0.15, 0.2) is 29.0 Å². The number of benzene rings is 1. The lowest BCUT2D eigenvalue weighted by Gasteiger charge is -2.11. The minimum Gasteiger partial charge on any atom is -0.338 e. The quantitative estimate of drug-likeness (QED) is 0.592. The van der Waals surface area contributed by atoms with Crippen molar-refractivity contribution < 1.29 is 4.39 Å². The van der Waals surface area contributed by atoms with E-state index in [1.807, 2.05) is 0 Å². The zero-order chi connectivity index (χ0) is 13.8. The van der Waals surface area contributed by atoms with Gasteiger partial charge in [0.25, 0.3) is 0 Å². The SMILES string of the molecule is N#Cc1c(F)cccc1Nc1ncnc(NN)c1Br. The maximum Gasteiger partial charge on any atom is 0.159 e. The van der Waals surface area contributed by atoms with E-state index in [9.17, 15) is 4.39 Å². The average Bonchev–Trinajstić information content (AvgIpc) is 2.41. The molecule has 6 nitrogen and oxygen atoms in total. The van der Waals surface area contributed by atoms with Gasteiger partial charge in [0.05, 0.1) is 5.69 Å². The first-order valence-electron chi connectivity index (χ1n) is 5.10. The molecule has 1 heterocycles. The Morgan fingerprint density at radius 3 is 2.74 bits per heavy atom. The molecule has 2 rings (SSSR count). The van der Waals surface area contributed by atoms with Crippen LogP contribution in [0.5, 0.6) is 0 Å². The van der Waals surface area contributed by atoms with E-state index in [1.54, 1.807) is 12.1 Å². The third-order valence-corrected chi connectivity index (χ3v) is 3.06. The second-order valence-corrected chi connectivity index (χ2v) is 4.22. The Labute approximate surface area is 116 Å². The molecule has 0 spiro atoms. The van der Waals surface area contributed by atoms with E-state index in [0.717, 1.165) is 0 Å². The summed E-state index contributed by atoms with van der Waals surface area (Å²) in [5, 5.41) is 11.8. The number of nitriles is 1. The fraction of sp³-hybridized carbons (Fsp3) is 0. The van der Waals surface area contributed by atoms with Gasteiger partial charge in [-0.15, -0.1) is 0 Å². The fourth-order valence-corrected chi connectivity index (χ4v) is 1.85. The van der Waals surface area contributed by atoms with E-state index in [2.05, 4.69) is 36.6 Å². The second-order valence-electron chi connectivity index (χ2n) is 3.43. The molecule has 0 amide bonds. The van der Waals surface area contributed by atoms with Crippen molar-refractivity contribution in [2.75, 3.05) is 10.7 Å². The van der Waals surface area contributed by atoms with Crippen LogP contribution in [0, 0.1) is 17.1 Å². The molecule has 0 radical (unpaired) electrons. The lowest BCUT2D eigenvalue weighted by molar-refractivity contribution is 0.624. The van der Waals surface area contributed by atoms with Gasteiger partial charge < -0.3 is 10.7 Å². The summed E-state index contributed by atoms with van der Waals surface area (Å²) in [7, 11) is 0. The van der Waals surface area contributed by atoms with Crippen molar-refractivity contribution >= 4 is 33.3 Å². The predicted octanol–water partition coefficient (Wildman–Crippen LogP) is 2.28. The number of halogens is 2. The molecule has 0 aliphatic heterocycles. The Bertz CT molecular complexity index is 654. The molecule has 1 aromatic carbocycles. The molecule has 4 N–H and O–H groups in total. The maximum absolute atomic E-state index is 13.5. The number of nitrogens with zero attached hydrogens (tertiary/aromatic N) is 3. The van der Waals surface area contributed by atoms with Gasteiger partial charge in [0.2, 0.25) is 0 Å². The summed E-state index contributed by atoms with van der Waals surface area (Å²) >= 11 is 3.26. The Balaban J connectivity index is 2.43. The van der Waals surface area contributed by atoms with Crippen LogP contribution in [-0.2, 0) is 0 Å². The number of nitrogens with one attached hydrogen (secondary N) is 2. The summed E-state index contributed by atoms with van der Waals surface area (Å²) < 4.78 is 13.9. The number of hydrogen-bond donors (Lipinski definition) is 3. The van der Waals surface area contributed by atoms with Crippen molar-refractivity contribution in [3.8, 4) is 6.07 Å². The van der Waals surface area contributed by atoms with Crippen molar-refractivity contribution in [2.45, 2.75) is 0 Å². The van der Waals surface area contributed by atoms with Crippen LogP contribution in [0.25, 0.3) is 0 Å². The van der Waals surface area contributed by atoms with Crippen molar-refractivity contribution in [3.05, 3.63) is 40.4 Å². The molecule has 0 saturated heterocycles. The third kappa shape index (κ3) is 2.62. The molecule has 0 fully saturated rings. The molecule has 96 valence electrons. The summed E-state index contributed by atoms with van der Waals surface area (Å²) in [5.74, 6) is 5.41. The van der Waals surface area contributed by atoms with Gasteiger partial charge >= 0.3 is 0 Å². The number of rotatable bonds is 3. The van der Waals surface area contributed by atoms with Gasteiger partial charge in [0.15, 0.2) is 5.82 Å². The van der Waals surface area contributed by atoms with Crippen molar-refractivity contribution in [2.24, 2.45) is 5.84 Å². The van der Waals surface area contributed by atoms with E-state index in [4.69, 9.17) is 11.1 Å². The van der Waals surface area contributed by atoms with Crippen LogP contribution < -0.4 is 16.6 Å². The van der Waals surface area contributed by atoms with Crippen molar-refractivity contribution in [1.82, 2.24) is 9.97 Å². The molecular weight excluding hydrogens is 315 g/mol. The van der Waals surface area contributed by atoms with Crippen LogP contribution in [0.2, 0.25) is 0 Å². The smallest absolute Gasteiger partial charge is 0.159 e. The number of nitrogen functional groups attached to an aromatic ring is 1. The Morgan fingerprint density at radius 1 is 1.32 bits per heavy atom. The largest absolute Gasteiger partial charge is 0.338 e. The standard InChI is InChI=1S/C11H8BrFN6/c12-9-10(16-5-17-11(9)19-15)18-8-3-1-2-7(13)6(8)4-14/h1-3,5H,15H2,(H2,16,17,18,19). The molecular formula is C11H8BrFN6. The lowest BCUT2D eigenvalue weighted by atomic mass is 10.2. The molecule has 0 aliphatic carbocycles. The minimum atomic E-state index is -0.602. The summed E-state index contributed by atoms with van der Waals surface area (Å²) in [5.41, 5.74) is 2.61. The molecule has 8 heteroatoms. The van der Waals surface area contributed by atoms with Crippen LogP contribution >= 0.6 is 15.9 Å². The summed E-state index contributed by atoms with van der Waals surface area (Å²) in [4.78, 5) is 7.88. The lowest BCUT2D eigenvalue weighted by Crippen LogP contribution is -2.10. The highest BCUT2D eigenvalue weighted by Gasteiger charge is 2.12. The first-order chi connectivity index (χ1) is 9.17. The summed E-state index contributed by atoms with van der Waals surface area (Å²) in [6.45, 7) is 0. The molecule has 0 unspecified atom stereocenters. The zero-order valence-corrected chi connectivity index (χ0v) is 11.1. The van der Waals surface area contributed by atoms with Gasteiger partial charge in [0, 0.05) is 0 Å². The van der Waals surface area contributed by atoms with Crippen molar-refractivity contribution in [3.63, 3.8) is 0 Å². The number of hydrogen-bond acceptors (Lipinski definition) is 6. The Morgan fingerprint density at radius 2 is 2.05 bits per heavy atom. The number of nitrogens with two attached hydrogens (primary N) is 1. The molecule has 19 heavy (non-hydrogen) atoms. The van der Waals surface area contributed by atoms with Gasteiger partial charge in [-0.3, -0.25) is 0 Å². The van der Waals surface area contributed by atoms with Gasteiger partial charge in [-0.05, 0) is 28.1 Å². The van der Waals surface area contributed by atoms with E-state index in [0.29, 0.717) is 21.8 Å². The van der Waals surface area contributed by atoms with Crippen molar-refractivity contribution in [1.29, 1.82) is 5.26 Å². The van der Waals surface area contributed by atoms with Gasteiger partial charge in [-0.2, -0.15) is 5.26 Å². The maximum atomic E-state index is 13.5. The van der Waals surface area contributed by atoms with Crippen LogP contribution in [0.1, 0.15) is 5.56 Å². The predicted molar refractivity (Wildman–Crippen MR) is 71.9 cm³/mol. The molecule has 2 aromatic rings. The highest BCUT2D eigenvalue weighted by Crippen LogP contribution is 2.29. The Hall–Kier alpha value is -2.24. The van der Waals surface area contributed by atoms with Crippen LogP contribution in [0.3, 0.4) is 0 Å². The summed E-state index contributed by atoms with van der Waals surface area (Å²) in [6.07, 6.45) is 1.29. The minimum absolute atomic E-state index is 0.0877. The molecule has 0 atom stereocenters.